The molecule has 1 aromatic carbocycles. The summed E-state index contributed by atoms with van der Waals surface area (Å²) in [6, 6.07) is 6.23. The van der Waals surface area contributed by atoms with Gasteiger partial charge in [0.1, 0.15) is 0 Å². The number of aryl methyl sites for hydroxylation is 1. The van der Waals surface area contributed by atoms with Gasteiger partial charge in [0.25, 0.3) is 0 Å². The summed E-state index contributed by atoms with van der Waals surface area (Å²) in [5.41, 5.74) is 5.44. The van der Waals surface area contributed by atoms with Crippen LogP contribution in [0.3, 0.4) is 0 Å². The Hall–Kier alpha value is -0.570. The Balaban J connectivity index is 2.78. The van der Waals surface area contributed by atoms with Gasteiger partial charge in [-0.1, -0.05) is 57.2 Å². The Morgan fingerprint density at radius 2 is 2.05 bits per heavy atom. The first-order valence-corrected chi connectivity index (χ1v) is 7.72. The van der Waals surface area contributed by atoms with Crippen LogP contribution in [0.4, 0.5) is 0 Å². The molecule has 0 radical (unpaired) electrons. The van der Waals surface area contributed by atoms with Crippen LogP contribution in [0, 0.1) is 12.8 Å². The number of rotatable bonds is 8. The first kappa shape index (κ1) is 16.5. The second kappa shape index (κ2) is 8.57. The van der Waals surface area contributed by atoms with Crippen molar-refractivity contribution < 1.29 is 0 Å². The van der Waals surface area contributed by atoms with Crippen LogP contribution >= 0.6 is 11.6 Å². The van der Waals surface area contributed by atoms with Crippen LogP contribution < -0.4 is 11.3 Å². The fourth-order valence-corrected chi connectivity index (χ4v) is 2.77. The summed E-state index contributed by atoms with van der Waals surface area (Å²) in [5.74, 6) is 6.48. The zero-order valence-electron chi connectivity index (χ0n) is 12.4. The zero-order valence-corrected chi connectivity index (χ0v) is 13.1. The normalized spacial score (nSPS) is 14.4. The number of hydrogen-bond acceptors (Lipinski definition) is 2. The molecule has 0 saturated heterocycles. The van der Waals surface area contributed by atoms with Crippen molar-refractivity contribution in [3.05, 3.63) is 34.3 Å². The van der Waals surface area contributed by atoms with Crippen molar-refractivity contribution in [2.45, 2.75) is 58.9 Å². The Bertz CT molecular complexity index is 379. The number of unbranched alkanes of at least 4 members (excludes halogenated alkanes) is 1. The molecule has 1 rings (SSSR count). The molecule has 0 aromatic heterocycles. The molecule has 0 aliphatic rings. The fraction of sp³-hybridized carbons (Fsp3) is 0.625. The molecular weight excluding hydrogens is 256 g/mol. The number of hydrogen-bond donors (Lipinski definition) is 2. The lowest BCUT2D eigenvalue weighted by molar-refractivity contribution is 0.355. The van der Waals surface area contributed by atoms with Gasteiger partial charge in [0.2, 0.25) is 0 Å². The van der Waals surface area contributed by atoms with E-state index in [1.165, 1.54) is 36.8 Å². The van der Waals surface area contributed by atoms with Crippen LogP contribution in [-0.4, -0.2) is 0 Å². The molecule has 2 atom stereocenters. The largest absolute Gasteiger partial charge is 0.271 e. The fourth-order valence-electron chi connectivity index (χ4n) is 2.59. The molecule has 3 N–H and O–H groups in total. The summed E-state index contributed by atoms with van der Waals surface area (Å²) in [6.45, 7) is 6.62. The van der Waals surface area contributed by atoms with Gasteiger partial charge >= 0.3 is 0 Å². The lowest BCUT2D eigenvalue weighted by Crippen LogP contribution is -2.30. The van der Waals surface area contributed by atoms with E-state index in [0.717, 1.165) is 17.4 Å². The van der Waals surface area contributed by atoms with E-state index in [0.29, 0.717) is 0 Å². The predicted molar refractivity (Wildman–Crippen MR) is 84.2 cm³/mol. The average Bonchev–Trinajstić information content (AvgIpc) is 2.42. The van der Waals surface area contributed by atoms with E-state index in [2.05, 4.69) is 32.3 Å². The van der Waals surface area contributed by atoms with E-state index >= 15 is 0 Å². The summed E-state index contributed by atoms with van der Waals surface area (Å²) in [6.07, 6.45) is 6.12. The van der Waals surface area contributed by atoms with Crippen LogP contribution in [0.5, 0.6) is 0 Å². The average molecular weight is 283 g/mol. The molecule has 0 spiro atoms. The molecule has 0 bridgehead atoms. The van der Waals surface area contributed by atoms with Crippen LogP contribution in [0.1, 0.15) is 63.1 Å². The highest BCUT2D eigenvalue weighted by Gasteiger charge is 2.17. The predicted octanol–water partition coefficient (Wildman–Crippen LogP) is 4.76. The maximum absolute atomic E-state index is 6.10. The van der Waals surface area contributed by atoms with Gasteiger partial charge in [0.05, 0.1) is 0 Å². The van der Waals surface area contributed by atoms with Gasteiger partial charge in [0, 0.05) is 11.1 Å². The molecule has 0 aliphatic heterocycles. The topological polar surface area (TPSA) is 38.0 Å². The quantitative estimate of drug-likeness (QED) is 0.533. The maximum Gasteiger partial charge on any atom is 0.0465 e. The van der Waals surface area contributed by atoms with Crippen molar-refractivity contribution in [3.8, 4) is 0 Å². The van der Waals surface area contributed by atoms with E-state index in [-0.39, 0.29) is 6.04 Å². The molecule has 0 amide bonds. The first-order chi connectivity index (χ1) is 9.12. The minimum Gasteiger partial charge on any atom is -0.271 e. The summed E-state index contributed by atoms with van der Waals surface area (Å²) in [7, 11) is 0. The standard InChI is InChI=1S/C16H27ClN2/c1-4-6-7-13(5-2)10-16(19-18)15-11-14(17)9-8-12(15)3/h8-9,11,13,16,19H,4-7,10,18H2,1-3H3. The summed E-state index contributed by atoms with van der Waals surface area (Å²) in [4.78, 5) is 0. The maximum atomic E-state index is 6.10. The highest BCUT2D eigenvalue weighted by atomic mass is 35.5. The van der Waals surface area contributed by atoms with Gasteiger partial charge in [0.15, 0.2) is 0 Å². The van der Waals surface area contributed by atoms with Crippen molar-refractivity contribution >= 4 is 11.6 Å². The van der Waals surface area contributed by atoms with Gasteiger partial charge in [-0.25, -0.2) is 0 Å². The Kier molecular flexibility index (Phi) is 7.44. The minimum atomic E-state index is 0.195. The number of nitrogens with two attached hydrogens (primary N) is 1. The van der Waals surface area contributed by atoms with Crippen molar-refractivity contribution in [2.75, 3.05) is 0 Å². The molecule has 1 aromatic rings. The second-order valence-electron chi connectivity index (χ2n) is 5.37. The number of hydrazine groups is 1. The Labute approximate surface area is 122 Å². The lowest BCUT2D eigenvalue weighted by Gasteiger charge is -2.24. The second-order valence-corrected chi connectivity index (χ2v) is 5.81. The SMILES string of the molecule is CCCCC(CC)CC(NN)c1cc(Cl)ccc1C. The van der Waals surface area contributed by atoms with Crippen LogP contribution in [-0.2, 0) is 0 Å². The molecule has 0 fully saturated rings. The van der Waals surface area contributed by atoms with Gasteiger partial charge in [-0.2, -0.15) is 0 Å². The third-order valence-corrected chi connectivity index (χ3v) is 4.17. The summed E-state index contributed by atoms with van der Waals surface area (Å²) >= 11 is 6.10. The molecule has 2 nitrogen and oxygen atoms in total. The third kappa shape index (κ3) is 5.13. The van der Waals surface area contributed by atoms with Crippen LogP contribution in [0.25, 0.3) is 0 Å². The van der Waals surface area contributed by atoms with Gasteiger partial charge < -0.3 is 0 Å². The van der Waals surface area contributed by atoms with Crippen molar-refractivity contribution in [1.29, 1.82) is 0 Å². The molecule has 0 saturated carbocycles. The smallest absolute Gasteiger partial charge is 0.0465 e. The number of halogens is 1. The number of nitrogens with one attached hydrogen (secondary N) is 1. The summed E-state index contributed by atoms with van der Waals surface area (Å²) in [5, 5.41) is 0.780. The summed E-state index contributed by atoms with van der Waals surface area (Å²) < 4.78 is 0. The van der Waals surface area contributed by atoms with Crippen LogP contribution in [0.2, 0.25) is 5.02 Å². The Morgan fingerprint density at radius 1 is 1.32 bits per heavy atom. The molecule has 19 heavy (non-hydrogen) atoms. The monoisotopic (exact) mass is 282 g/mol. The van der Waals surface area contributed by atoms with E-state index < -0.39 is 0 Å². The lowest BCUT2D eigenvalue weighted by atomic mass is 9.88. The number of benzene rings is 1. The molecule has 0 heterocycles. The zero-order chi connectivity index (χ0) is 14.3. The minimum absolute atomic E-state index is 0.195. The van der Waals surface area contributed by atoms with Crippen molar-refractivity contribution in [1.82, 2.24) is 5.43 Å². The highest BCUT2D eigenvalue weighted by Crippen LogP contribution is 2.29. The van der Waals surface area contributed by atoms with Crippen molar-refractivity contribution in [2.24, 2.45) is 11.8 Å². The van der Waals surface area contributed by atoms with E-state index in [9.17, 15) is 0 Å². The van der Waals surface area contributed by atoms with Crippen LogP contribution in [0.15, 0.2) is 18.2 Å². The third-order valence-electron chi connectivity index (χ3n) is 3.93. The first-order valence-electron chi connectivity index (χ1n) is 7.34. The van der Waals surface area contributed by atoms with Gasteiger partial charge in [-0.3, -0.25) is 11.3 Å². The molecule has 108 valence electrons. The van der Waals surface area contributed by atoms with Crippen molar-refractivity contribution in [3.63, 3.8) is 0 Å². The molecule has 2 unspecified atom stereocenters. The molecule has 3 heteroatoms. The van der Waals surface area contributed by atoms with E-state index in [1.54, 1.807) is 0 Å². The van der Waals surface area contributed by atoms with Gasteiger partial charge in [-0.05, 0) is 42.5 Å². The van der Waals surface area contributed by atoms with E-state index in [4.69, 9.17) is 17.4 Å². The van der Waals surface area contributed by atoms with E-state index in [1.807, 2.05) is 12.1 Å². The molecule has 0 aliphatic carbocycles. The highest BCUT2D eigenvalue weighted by molar-refractivity contribution is 6.30. The molecular formula is C16H27ClN2. The Morgan fingerprint density at radius 3 is 2.63 bits per heavy atom. The van der Waals surface area contributed by atoms with Gasteiger partial charge in [-0.15, -0.1) is 0 Å².